The predicted molar refractivity (Wildman–Crippen MR) is 103 cm³/mol. The number of hydrogen-bond acceptors (Lipinski definition) is 5. The first kappa shape index (κ1) is 19.5. The first-order chi connectivity index (χ1) is 12.9. The molecule has 1 aliphatic rings. The van der Waals surface area contributed by atoms with E-state index < -0.39 is 21.8 Å². The van der Waals surface area contributed by atoms with Crippen LogP contribution in [-0.2, 0) is 14.8 Å². The van der Waals surface area contributed by atoms with Gasteiger partial charge >= 0.3 is 0 Å². The molecule has 27 heavy (non-hydrogen) atoms. The Hall–Kier alpha value is -2.23. The second-order valence-corrected chi connectivity index (χ2v) is 9.56. The molecule has 0 spiro atoms. The molecule has 1 atom stereocenters. The number of piperidine rings is 1. The minimum Gasteiger partial charge on any atom is -0.273 e. The van der Waals surface area contributed by atoms with Crippen molar-refractivity contribution in [2.45, 2.75) is 24.0 Å². The van der Waals surface area contributed by atoms with Crippen LogP contribution in [0, 0.1) is 12.8 Å². The molecule has 2 heterocycles. The molecule has 1 aromatic carbocycles. The average Bonchev–Trinajstić information content (AvgIpc) is 3.22. The van der Waals surface area contributed by atoms with E-state index in [9.17, 15) is 18.0 Å². The second kappa shape index (κ2) is 8.20. The lowest BCUT2D eigenvalue weighted by atomic mass is 9.99. The van der Waals surface area contributed by atoms with Crippen LogP contribution in [0.1, 0.15) is 28.8 Å². The lowest BCUT2D eigenvalue weighted by Crippen LogP contribution is -2.49. The summed E-state index contributed by atoms with van der Waals surface area (Å²) in [7, 11) is -3.58. The van der Waals surface area contributed by atoms with E-state index in [1.165, 1.54) is 4.31 Å². The lowest BCUT2D eigenvalue weighted by Gasteiger charge is -2.30. The van der Waals surface area contributed by atoms with Crippen molar-refractivity contribution in [2.24, 2.45) is 5.92 Å². The van der Waals surface area contributed by atoms with Crippen molar-refractivity contribution >= 4 is 33.2 Å². The summed E-state index contributed by atoms with van der Waals surface area (Å²) in [6.45, 7) is 2.41. The van der Waals surface area contributed by atoms with Crippen molar-refractivity contribution in [1.29, 1.82) is 0 Å². The Bertz CT molecular complexity index is 909. The van der Waals surface area contributed by atoms with E-state index in [0.29, 0.717) is 24.9 Å². The van der Waals surface area contributed by atoms with Gasteiger partial charge in [0, 0.05) is 18.7 Å². The van der Waals surface area contributed by atoms with Gasteiger partial charge in [-0.15, -0.1) is 11.3 Å². The minimum absolute atomic E-state index is 0.104. The summed E-state index contributed by atoms with van der Waals surface area (Å²) >= 11 is 1.16. The van der Waals surface area contributed by atoms with Gasteiger partial charge in [-0.25, -0.2) is 8.42 Å². The molecule has 0 unspecified atom stereocenters. The molecule has 0 radical (unpaired) electrons. The second-order valence-electron chi connectivity index (χ2n) is 6.44. The van der Waals surface area contributed by atoms with Crippen LogP contribution in [0.4, 0.5) is 0 Å². The fraction of sp³-hybridized carbons (Fsp3) is 0.333. The molecule has 0 aliphatic carbocycles. The van der Waals surface area contributed by atoms with Crippen molar-refractivity contribution in [3.8, 4) is 0 Å². The van der Waals surface area contributed by atoms with E-state index in [-0.39, 0.29) is 16.7 Å². The third-order valence-corrected chi connectivity index (χ3v) is 7.70. The first-order valence-corrected chi connectivity index (χ1v) is 10.9. The lowest BCUT2D eigenvalue weighted by molar-refractivity contribution is -0.126. The molecule has 0 bridgehead atoms. The van der Waals surface area contributed by atoms with Gasteiger partial charge in [0.1, 0.15) is 4.21 Å². The number of hydrogen-bond donors (Lipinski definition) is 2. The molecule has 144 valence electrons. The predicted octanol–water partition coefficient (Wildman–Crippen LogP) is 1.92. The van der Waals surface area contributed by atoms with Gasteiger partial charge in [0.15, 0.2) is 0 Å². The molecular formula is C18H21N3O4S2. The third kappa shape index (κ3) is 4.55. The summed E-state index contributed by atoms with van der Waals surface area (Å²) in [4.78, 5) is 24.5. The van der Waals surface area contributed by atoms with E-state index in [2.05, 4.69) is 10.9 Å². The quantitative estimate of drug-likeness (QED) is 0.757. The van der Waals surface area contributed by atoms with Crippen LogP contribution in [-0.4, -0.2) is 37.6 Å². The molecule has 3 rings (SSSR count). The van der Waals surface area contributed by atoms with Crippen LogP contribution in [0.25, 0.3) is 0 Å². The Morgan fingerprint density at radius 3 is 2.56 bits per heavy atom. The minimum atomic E-state index is -3.58. The van der Waals surface area contributed by atoms with Crippen LogP contribution in [0.15, 0.2) is 46.0 Å². The number of sulfonamides is 1. The van der Waals surface area contributed by atoms with E-state index in [1.54, 1.807) is 29.6 Å². The van der Waals surface area contributed by atoms with Gasteiger partial charge < -0.3 is 0 Å². The van der Waals surface area contributed by atoms with E-state index >= 15 is 0 Å². The zero-order valence-electron chi connectivity index (χ0n) is 14.8. The topological polar surface area (TPSA) is 95.6 Å². The Morgan fingerprint density at radius 2 is 1.89 bits per heavy atom. The fourth-order valence-electron chi connectivity index (χ4n) is 2.91. The van der Waals surface area contributed by atoms with Crippen molar-refractivity contribution in [2.75, 3.05) is 13.1 Å². The number of carbonyl (C=O) groups excluding carboxylic acids is 2. The first-order valence-electron chi connectivity index (χ1n) is 8.58. The van der Waals surface area contributed by atoms with Gasteiger partial charge in [0.2, 0.25) is 5.91 Å². The molecule has 2 amide bonds. The number of nitrogens with one attached hydrogen (secondary N) is 2. The molecule has 7 nitrogen and oxygen atoms in total. The largest absolute Gasteiger partial charge is 0.273 e. The zero-order chi connectivity index (χ0) is 19.4. The molecular weight excluding hydrogens is 386 g/mol. The average molecular weight is 408 g/mol. The maximum Gasteiger partial charge on any atom is 0.269 e. The highest BCUT2D eigenvalue weighted by Gasteiger charge is 2.33. The summed E-state index contributed by atoms with van der Waals surface area (Å²) in [5.74, 6) is -1.31. The van der Waals surface area contributed by atoms with Crippen LogP contribution in [0.5, 0.6) is 0 Å². The van der Waals surface area contributed by atoms with E-state index in [0.717, 1.165) is 16.9 Å². The Morgan fingerprint density at radius 1 is 1.15 bits per heavy atom. The summed E-state index contributed by atoms with van der Waals surface area (Å²) in [6, 6.07) is 10.2. The monoisotopic (exact) mass is 407 g/mol. The van der Waals surface area contributed by atoms with Crippen LogP contribution in [0.2, 0.25) is 0 Å². The van der Waals surface area contributed by atoms with Crippen LogP contribution >= 0.6 is 11.3 Å². The zero-order valence-corrected chi connectivity index (χ0v) is 16.5. The summed E-state index contributed by atoms with van der Waals surface area (Å²) in [6.07, 6.45) is 1.16. The molecule has 1 aliphatic heterocycles. The molecule has 2 N–H and O–H groups in total. The number of aryl methyl sites for hydroxylation is 1. The number of amides is 2. The SMILES string of the molecule is Cc1ccc(C(=O)NNC(=O)[C@@H]2CCCN(S(=O)(=O)c3cccs3)C2)cc1. The number of thiophene rings is 1. The fourth-order valence-corrected chi connectivity index (χ4v) is 5.58. The Labute approximate surface area is 162 Å². The van der Waals surface area contributed by atoms with Crippen molar-refractivity contribution in [1.82, 2.24) is 15.2 Å². The van der Waals surface area contributed by atoms with Crippen molar-refractivity contribution in [3.63, 3.8) is 0 Å². The van der Waals surface area contributed by atoms with Gasteiger partial charge in [-0.3, -0.25) is 20.4 Å². The maximum atomic E-state index is 12.6. The van der Waals surface area contributed by atoms with E-state index in [4.69, 9.17) is 0 Å². The van der Waals surface area contributed by atoms with Crippen LogP contribution in [0.3, 0.4) is 0 Å². The summed E-state index contributed by atoms with van der Waals surface area (Å²) in [5, 5.41) is 1.71. The normalized spacial score (nSPS) is 18.0. The molecule has 9 heteroatoms. The number of carbonyl (C=O) groups is 2. The maximum absolute atomic E-state index is 12.6. The smallest absolute Gasteiger partial charge is 0.269 e. The highest BCUT2D eigenvalue weighted by atomic mass is 32.2. The Kier molecular flexibility index (Phi) is 5.93. The van der Waals surface area contributed by atoms with Crippen molar-refractivity contribution < 1.29 is 18.0 Å². The summed E-state index contributed by atoms with van der Waals surface area (Å²) in [5.41, 5.74) is 6.28. The third-order valence-electron chi connectivity index (χ3n) is 4.46. The number of nitrogens with zero attached hydrogens (tertiary/aromatic N) is 1. The summed E-state index contributed by atoms with van der Waals surface area (Å²) < 4.78 is 26.9. The van der Waals surface area contributed by atoms with Crippen molar-refractivity contribution in [3.05, 3.63) is 52.9 Å². The van der Waals surface area contributed by atoms with Gasteiger partial charge in [0.25, 0.3) is 15.9 Å². The van der Waals surface area contributed by atoms with Gasteiger partial charge in [-0.05, 0) is 43.3 Å². The standard InChI is InChI=1S/C18H21N3O4S2/c1-13-6-8-14(9-7-13)17(22)19-20-18(23)15-4-2-10-21(12-15)27(24,25)16-5-3-11-26-16/h3,5-9,11,15H,2,4,10,12H2,1H3,(H,19,22)(H,20,23)/t15-/m1/s1. The molecule has 1 saturated heterocycles. The Balaban J connectivity index is 1.58. The van der Waals surface area contributed by atoms with Gasteiger partial charge in [0.05, 0.1) is 5.92 Å². The molecule has 0 saturated carbocycles. The molecule has 1 fully saturated rings. The van der Waals surface area contributed by atoms with Gasteiger partial charge in [-0.2, -0.15) is 4.31 Å². The molecule has 1 aromatic heterocycles. The number of hydrazine groups is 1. The highest BCUT2D eigenvalue weighted by Crippen LogP contribution is 2.26. The molecule has 2 aromatic rings. The van der Waals surface area contributed by atoms with Gasteiger partial charge in [-0.1, -0.05) is 23.8 Å². The highest BCUT2D eigenvalue weighted by molar-refractivity contribution is 7.91. The number of benzene rings is 1. The van der Waals surface area contributed by atoms with E-state index in [1.807, 2.05) is 19.1 Å². The van der Waals surface area contributed by atoms with Crippen LogP contribution < -0.4 is 10.9 Å². The number of rotatable bonds is 4.